The molecule has 20 heavy (non-hydrogen) atoms. The monoisotopic (exact) mass is 277 g/mol. The van der Waals surface area contributed by atoms with Gasteiger partial charge in [-0.15, -0.1) is 0 Å². The van der Waals surface area contributed by atoms with Crippen molar-refractivity contribution in [2.45, 2.75) is 12.8 Å². The zero-order valence-corrected chi connectivity index (χ0v) is 10.8. The van der Waals surface area contributed by atoms with Crippen molar-refractivity contribution in [1.29, 1.82) is 0 Å². The first-order chi connectivity index (χ1) is 9.47. The van der Waals surface area contributed by atoms with Crippen molar-refractivity contribution < 1.29 is 24.6 Å². The fourth-order valence-electron chi connectivity index (χ4n) is 2.54. The molecule has 2 N–H and O–H groups in total. The second-order valence-electron chi connectivity index (χ2n) is 4.89. The third-order valence-electron chi connectivity index (χ3n) is 3.64. The summed E-state index contributed by atoms with van der Waals surface area (Å²) in [5.41, 5.74) is -1.39. The number of hydrogen-bond donors (Lipinski definition) is 2. The fraction of sp³-hybridized carbons (Fsp3) is 0.357. The van der Waals surface area contributed by atoms with Gasteiger partial charge in [-0.1, -0.05) is 30.3 Å². The van der Waals surface area contributed by atoms with Crippen molar-refractivity contribution >= 4 is 17.8 Å². The van der Waals surface area contributed by atoms with E-state index in [0.717, 1.165) is 4.90 Å². The van der Waals surface area contributed by atoms with Gasteiger partial charge in [0.2, 0.25) is 0 Å². The van der Waals surface area contributed by atoms with Crippen LogP contribution in [0.2, 0.25) is 0 Å². The highest BCUT2D eigenvalue weighted by Gasteiger charge is 2.50. The van der Waals surface area contributed by atoms with Crippen LogP contribution in [0.5, 0.6) is 0 Å². The van der Waals surface area contributed by atoms with Crippen molar-refractivity contribution in [3.8, 4) is 0 Å². The molecule has 1 aromatic carbocycles. The molecule has 0 saturated carbocycles. The van der Waals surface area contributed by atoms with Gasteiger partial charge in [0.15, 0.2) is 5.78 Å². The Morgan fingerprint density at radius 1 is 1.10 bits per heavy atom. The minimum absolute atomic E-state index is 0.153. The van der Waals surface area contributed by atoms with Crippen LogP contribution in [-0.4, -0.2) is 46.0 Å². The maximum absolute atomic E-state index is 12.5. The van der Waals surface area contributed by atoms with E-state index in [1.54, 1.807) is 30.3 Å². The van der Waals surface area contributed by atoms with Crippen LogP contribution in [0.4, 0.5) is 4.79 Å². The molecular formula is C14H15NO5. The molecular weight excluding hydrogens is 262 g/mol. The number of rotatable bonds is 3. The first kappa shape index (κ1) is 14.0. The van der Waals surface area contributed by atoms with Gasteiger partial charge in [0.1, 0.15) is 5.41 Å². The predicted octanol–water partition coefficient (Wildman–Crippen LogP) is 1.71. The van der Waals surface area contributed by atoms with E-state index in [1.165, 1.54) is 0 Å². The largest absolute Gasteiger partial charge is 0.480 e. The molecule has 1 heterocycles. The van der Waals surface area contributed by atoms with Crippen molar-refractivity contribution in [3.05, 3.63) is 35.9 Å². The lowest BCUT2D eigenvalue weighted by atomic mass is 9.74. The average Bonchev–Trinajstić information content (AvgIpc) is 2.47. The van der Waals surface area contributed by atoms with E-state index in [1.807, 2.05) is 0 Å². The zero-order chi connectivity index (χ0) is 14.8. The Morgan fingerprint density at radius 3 is 2.30 bits per heavy atom. The minimum atomic E-state index is -1.68. The van der Waals surface area contributed by atoms with Crippen LogP contribution in [-0.2, 0) is 4.79 Å². The van der Waals surface area contributed by atoms with E-state index in [4.69, 9.17) is 5.11 Å². The summed E-state index contributed by atoms with van der Waals surface area (Å²) in [7, 11) is 0. The lowest BCUT2D eigenvalue weighted by Gasteiger charge is -2.37. The van der Waals surface area contributed by atoms with Crippen molar-refractivity contribution in [2.75, 3.05) is 13.1 Å². The summed E-state index contributed by atoms with van der Waals surface area (Å²) in [6.45, 7) is -0.0438. The maximum Gasteiger partial charge on any atom is 0.407 e. The summed E-state index contributed by atoms with van der Waals surface area (Å²) >= 11 is 0. The highest BCUT2D eigenvalue weighted by atomic mass is 16.4. The molecule has 6 heteroatoms. The molecule has 1 aliphatic heterocycles. The Balaban J connectivity index is 2.37. The van der Waals surface area contributed by atoms with Gasteiger partial charge in [0.25, 0.3) is 0 Å². The van der Waals surface area contributed by atoms with Gasteiger partial charge < -0.3 is 15.1 Å². The summed E-state index contributed by atoms with van der Waals surface area (Å²) in [5, 5.41) is 18.5. The van der Waals surface area contributed by atoms with Crippen LogP contribution in [0.25, 0.3) is 0 Å². The van der Waals surface area contributed by atoms with E-state index in [2.05, 4.69) is 0 Å². The molecule has 0 bridgehead atoms. The molecule has 0 spiro atoms. The van der Waals surface area contributed by atoms with Crippen LogP contribution >= 0.6 is 0 Å². The molecule has 0 radical (unpaired) electrons. The second kappa shape index (κ2) is 5.32. The van der Waals surface area contributed by atoms with Crippen LogP contribution in [0.3, 0.4) is 0 Å². The lowest BCUT2D eigenvalue weighted by Crippen LogP contribution is -2.53. The van der Waals surface area contributed by atoms with Gasteiger partial charge in [-0.05, 0) is 12.8 Å². The number of ketones is 1. The Labute approximate surface area is 115 Å². The van der Waals surface area contributed by atoms with Crippen LogP contribution in [0.1, 0.15) is 23.2 Å². The highest BCUT2D eigenvalue weighted by Crippen LogP contribution is 2.34. The summed E-state index contributed by atoms with van der Waals surface area (Å²) in [5.74, 6) is -1.80. The Bertz CT molecular complexity index is 542. The van der Waals surface area contributed by atoms with Crippen molar-refractivity contribution in [2.24, 2.45) is 5.41 Å². The SMILES string of the molecule is O=C(O)N1CCCC(C(=O)O)(C(=O)c2ccccc2)C1. The molecule has 2 rings (SSSR count). The van der Waals surface area contributed by atoms with Gasteiger partial charge in [-0.3, -0.25) is 9.59 Å². The number of nitrogens with zero attached hydrogens (tertiary/aromatic N) is 1. The molecule has 1 saturated heterocycles. The third kappa shape index (κ3) is 2.36. The van der Waals surface area contributed by atoms with Gasteiger partial charge in [-0.2, -0.15) is 0 Å². The number of benzene rings is 1. The second-order valence-corrected chi connectivity index (χ2v) is 4.89. The Morgan fingerprint density at radius 2 is 1.75 bits per heavy atom. The predicted molar refractivity (Wildman–Crippen MR) is 69.7 cm³/mol. The number of amides is 1. The van der Waals surface area contributed by atoms with Crippen molar-refractivity contribution in [3.63, 3.8) is 0 Å². The van der Waals surface area contributed by atoms with E-state index in [0.29, 0.717) is 12.0 Å². The molecule has 1 amide bonds. The standard InChI is InChI=1S/C14H15NO5/c16-11(10-5-2-1-3-6-10)14(12(17)18)7-4-8-15(9-14)13(19)20/h1-3,5-6H,4,7-9H2,(H,17,18)(H,19,20). The summed E-state index contributed by atoms with van der Waals surface area (Å²) in [4.78, 5) is 36.2. The quantitative estimate of drug-likeness (QED) is 0.648. The first-order valence-corrected chi connectivity index (χ1v) is 6.28. The third-order valence-corrected chi connectivity index (χ3v) is 3.64. The van der Waals surface area contributed by atoms with Gasteiger partial charge in [0.05, 0.1) is 0 Å². The molecule has 0 aromatic heterocycles. The maximum atomic E-state index is 12.5. The van der Waals surface area contributed by atoms with Crippen LogP contribution in [0.15, 0.2) is 30.3 Å². The highest BCUT2D eigenvalue weighted by molar-refractivity contribution is 6.12. The molecule has 1 aliphatic rings. The smallest absolute Gasteiger partial charge is 0.407 e. The number of carbonyl (C=O) groups excluding carboxylic acids is 1. The summed E-state index contributed by atoms with van der Waals surface area (Å²) in [6, 6.07) is 8.13. The Kier molecular flexibility index (Phi) is 3.74. The molecule has 1 fully saturated rings. The summed E-state index contributed by atoms with van der Waals surface area (Å²) in [6.07, 6.45) is -0.687. The van der Waals surface area contributed by atoms with Gasteiger partial charge >= 0.3 is 12.1 Å². The number of carboxylic acid groups (broad SMARTS) is 2. The normalized spacial score (nSPS) is 22.3. The number of aliphatic carboxylic acids is 1. The molecule has 0 aliphatic carbocycles. The zero-order valence-electron chi connectivity index (χ0n) is 10.8. The molecule has 1 aromatic rings. The first-order valence-electron chi connectivity index (χ1n) is 6.28. The topological polar surface area (TPSA) is 94.9 Å². The molecule has 106 valence electrons. The number of carbonyl (C=O) groups is 3. The number of likely N-dealkylation sites (tertiary alicyclic amines) is 1. The van der Waals surface area contributed by atoms with Crippen LogP contribution in [0, 0.1) is 5.41 Å². The van der Waals surface area contributed by atoms with E-state index in [9.17, 15) is 19.5 Å². The number of piperidine rings is 1. The Hall–Kier alpha value is -2.37. The minimum Gasteiger partial charge on any atom is -0.480 e. The van der Waals surface area contributed by atoms with Gasteiger partial charge in [-0.25, -0.2) is 4.79 Å². The summed E-state index contributed by atoms with van der Waals surface area (Å²) < 4.78 is 0. The van der Waals surface area contributed by atoms with Crippen molar-refractivity contribution in [1.82, 2.24) is 4.90 Å². The lowest BCUT2D eigenvalue weighted by molar-refractivity contribution is -0.148. The van der Waals surface area contributed by atoms with Gasteiger partial charge in [0, 0.05) is 18.7 Å². The molecule has 1 atom stereocenters. The molecule has 1 unspecified atom stereocenters. The van der Waals surface area contributed by atoms with E-state index >= 15 is 0 Å². The fourth-order valence-corrected chi connectivity index (χ4v) is 2.54. The number of hydrogen-bond acceptors (Lipinski definition) is 3. The van der Waals surface area contributed by atoms with E-state index < -0.39 is 23.3 Å². The molecule has 6 nitrogen and oxygen atoms in total. The number of carboxylic acids is 1. The average molecular weight is 277 g/mol. The van der Waals surface area contributed by atoms with E-state index in [-0.39, 0.29) is 19.5 Å². The number of Topliss-reactive ketones (excluding diaryl/α,β-unsaturated/α-hetero) is 1. The van der Waals surface area contributed by atoms with Crippen LogP contribution < -0.4 is 0 Å².